The van der Waals surface area contributed by atoms with Crippen molar-refractivity contribution in [2.24, 2.45) is 11.8 Å². The molecule has 0 aromatic heterocycles. The van der Waals surface area contributed by atoms with E-state index >= 15 is 0 Å². The van der Waals surface area contributed by atoms with E-state index in [1.54, 1.807) is 0 Å². The van der Waals surface area contributed by atoms with Crippen molar-refractivity contribution in [3.8, 4) is 0 Å². The van der Waals surface area contributed by atoms with Crippen molar-refractivity contribution in [2.75, 3.05) is 11.5 Å². The molecule has 1 nitrogen and oxygen atoms in total. The summed E-state index contributed by atoms with van der Waals surface area (Å²) in [4.78, 5) is 0. The van der Waals surface area contributed by atoms with Gasteiger partial charge in [-0.15, -0.1) is 0 Å². The van der Waals surface area contributed by atoms with Crippen LogP contribution in [0.25, 0.3) is 0 Å². The molecular weight excluding hydrogens is 166 g/mol. The van der Waals surface area contributed by atoms with Crippen LogP contribution in [-0.2, 0) is 0 Å². The quantitative estimate of drug-likeness (QED) is 0.646. The van der Waals surface area contributed by atoms with Crippen molar-refractivity contribution >= 4 is 11.8 Å². The lowest BCUT2D eigenvalue weighted by Crippen LogP contribution is -1.86. The Morgan fingerprint density at radius 1 is 0.833 bits per heavy atom. The number of hydrogen-bond donors (Lipinski definition) is 1. The molecule has 0 aromatic rings. The van der Waals surface area contributed by atoms with E-state index in [-0.39, 0.29) is 6.15 Å². The summed E-state index contributed by atoms with van der Waals surface area (Å²) in [5.74, 6) is 5.17. The third kappa shape index (κ3) is 4.36. The molecule has 2 saturated carbocycles. The summed E-state index contributed by atoms with van der Waals surface area (Å²) in [6.07, 6.45) is 9.14. The Bertz CT molecular complexity index is 105. The van der Waals surface area contributed by atoms with Crippen molar-refractivity contribution in [3.63, 3.8) is 0 Å². The van der Waals surface area contributed by atoms with E-state index in [4.69, 9.17) is 0 Å². The van der Waals surface area contributed by atoms with Gasteiger partial charge in [0, 0.05) is 0 Å². The van der Waals surface area contributed by atoms with Gasteiger partial charge in [-0.2, -0.15) is 11.8 Å². The van der Waals surface area contributed by atoms with Crippen molar-refractivity contribution in [3.05, 3.63) is 0 Å². The van der Waals surface area contributed by atoms with Crippen LogP contribution in [0, 0.1) is 11.8 Å². The van der Waals surface area contributed by atoms with Crippen molar-refractivity contribution in [2.45, 2.75) is 38.5 Å². The van der Waals surface area contributed by atoms with E-state index < -0.39 is 0 Å². The second kappa shape index (κ2) is 5.13. The number of thioether (sulfide) groups is 1. The average molecular weight is 187 g/mol. The number of rotatable bonds is 6. The molecule has 0 amide bonds. The molecule has 2 aliphatic rings. The van der Waals surface area contributed by atoms with Gasteiger partial charge >= 0.3 is 0 Å². The smallest absolute Gasteiger partial charge is 0.00649 e. The van der Waals surface area contributed by atoms with Crippen LogP contribution >= 0.6 is 11.8 Å². The van der Waals surface area contributed by atoms with Crippen LogP contribution in [0.15, 0.2) is 0 Å². The minimum atomic E-state index is 0. The maximum atomic E-state index is 2.19. The molecule has 2 fully saturated rings. The summed E-state index contributed by atoms with van der Waals surface area (Å²) >= 11 is 2.19. The summed E-state index contributed by atoms with van der Waals surface area (Å²) in [7, 11) is 0. The van der Waals surface area contributed by atoms with Crippen molar-refractivity contribution in [1.29, 1.82) is 0 Å². The molecule has 0 spiro atoms. The zero-order chi connectivity index (χ0) is 7.52. The van der Waals surface area contributed by atoms with Gasteiger partial charge in [-0.05, 0) is 36.2 Å². The van der Waals surface area contributed by atoms with Gasteiger partial charge in [0.2, 0.25) is 0 Å². The van der Waals surface area contributed by atoms with Crippen LogP contribution in [0.3, 0.4) is 0 Å². The largest absolute Gasteiger partial charge is 0.344 e. The Hall–Kier alpha value is 0.310. The normalized spacial score (nSPS) is 22.0. The Morgan fingerprint density at radius 3 is 1.58 bits per heavy atom. The zero-order valence-corrected chi connectivity index (χ0v) is 8.74. The molecule has 0 saturated heterocycles. The SMILES string of the molecule is C(CC1CC1)SCCC1CC1.N. The minimum absolute atomic E-state index is 0. The van der Waals surface area contributed by atoms with Gasteiger partial charge in [0.25, 0.3) is 0 Å². The highest BCUT2D eigenvalue weighted by Crippen LogP contribution is 2.35. The van der Waals surface area contributed by atoms with Gasteiger partial charge in [0.1, 0.15) is 0 Å². The minimum Gasteiger partial charge on any atom is -0.344 e. The lowest BCUT2D eigenvalue weighted by Gasteiger charge is -1.98. The predicted octanol–water partition coefficient (Wildman–Crippen LogP) is 3.48. The van der Waals surface area contributed by atoms with Gasteiger partial charge in [-0.25, -0.2) is 0 Å². The molecule has 2 heteroatoms. The summed E-state index contributed by atoms with van der Waals surface area (Å²) in [5.41, 5.74) is 0. The molecule has 0 atom stereocenters. The molecule has 12 heavy (non-hydrogen) atoms. The lowest BCUT2D eigenvalue weighted by atomic mass is 10.3. The first-order valence-corrected chi connectivity index (χ1v) is 6.18. The maximum absolute atomic E-state index is 2.19. The second-order valence-electron chi connectivity index (χ2n) is 4.08. The predicted molar refractivity (Wildman–Crippen MR) is 57.0 cm³/mol. The fourth-order valence-electron chi connectivity index (χ4n) is 1.42. The summed E-state index contributed by atoms with van der Waals surface area (Å²) in [6.45, 7) is 0. The molecule has 0 radical (unpaired) electrons. The number of hydrogen-bond acceptors (Lipinski definition) is 2. The summed E-state index contributed by atoms with van der Waals surface area (Å²) in [6, 6.07) is 0. The maximum Gasteiger partial charge on any atom is -0.00649 e. The average Bonchev–Trinajstić information content (AvgIpc) is 2.83. The highest BCUT2D eigenvalue weighted by atomic mass is 32.2. The van der Waals surface area contributed by atoms with Gasteiger partial charge in [0.15, 0.2) is 0 Å². The Kier molecular flexibility index (Phi) is 4.44. The second-order valence-corrected chi connectivity index (χ2v) is 5.30. The fourth-order valence-corrected chi connectivity index (χ4v) is 2.62. The monoisotopic (exact) mass is 187 g/mol. The molecule has 0 unspecified atom stereocenters. The van der Waals surface area contributed by atoms with Crippen LogP contribution in [-0.4, -0.2) is 11.5 Å². The van der Waals surface area contributed by atoms with Gasteiger partial charge < -0.3 is 6.15 Å². The van der Waals surface area contributed by atoms with E-state index in [9.17, 15) is 0 Å². The van der Waals surface area contributed by atoms with E-state index in [1.165, 1.54) is 50.0 Å². The molecule has 0 aromatic carbocycles. The molecule has 3 N–H and O–H groups in total. The first-order chi connectivity index (χ1) is 5.45. The van der Waals surface area contributed by atoms with Crippen LogP contribution in [0.4, 0.5) is 0 Å². The molecule has 0 aliphatic heterocycles. The van der Waals surface area contributed by atoms with Crippen LogP contribution in [0.5, 0.6) is 0 Å². The molecule has 0 bridgehead atoms. The molecule has 72 valence electrons. The standard InChI is InChI=1S/C10H18S.H3N/c1-2-9(1)5-7-11-8-6-10-3-4-10;/h9-10H,1-8H2;1H3. The van der Waals surface area contributed by atoms with Crippen LogP contribution < -0.4 is 6.15 Å². The van der Waals surface area contributed by atoms with Crippen LogP contribution in [0.2, 0.25) is 0 Å². The van der Waals surface area contributed by atoms with Gasteiger partial charge in [-0.1, -0.05) is 25.7 Å². The van der Waals surface area contributed by atoms with E-state index in [0.717, 1.165) is 11.8 Å². The molecular formula is C10H21NS. The van der Waals surface area contributed by atoms with Gasteiger partial charge in [-0.3, -0.25) is 0 Å². The topological polar surface area (TPSA) is 35.0 Å². The summed E-state index contributed by atoms with van der Waals surface area (Å²) in [5, 5.41) is 0. The third-order valence-corrected chi connectivity index (χ3v) is 3.78. The van der Waals surface area contributed by atoms with Gasteiger partial charge in [0.05, 0.1) is 0 Å². The first kappa shape index (κ1) is 10.4. The van der Waals surface area contributed by atoms with Crippen molar-refractivity contribution in [1.82, 2.24) is 6.15 Å². The van der Waals surface area contributed by atoms with E-state index in [0.29, 0.717) is 0 Å². The molecule has 2 rings (SSSR count). The third-order valence-electron chi connectivity index (χ3n) is 2.73. The van der Waals surface area contributed by atoms with E-state index in [1.807, 2.05) is 0 Å². The summed E-state index contributed by atoms with van der Waals surface area (Å²) < 4.78 is 0. The lowest BCUT2D eigenvalue weighted by molar-refractivity contribution is 0.794. The van der Waals surface area contributed by atoms with Crippen LogP contribution in [0.1, 0.15) is 38.5 Å². The molecule has 0 heterocycles. The van der Waals surface area contributed by atoms with Crippen molar-refractivity contribution < 1.29 is 0 Å². The highest BCUT2D eigenvalue weighted by Gasteiger charge is 2.21. The molecule has 2 aliphatic carbocycles. The fraction of sp³-hybridized carbons (Fsp3) is 1.00. The van der Waals surface area contributed by atoms with E-state index in [2.05, 4.69) is 11.8 Å². The zero-order valence-electron chi connectivity index (χ0n) is 7.93. The Balaban J connectivity index is 0.000000720. The Labute approximate surface area is 80.3 Å². The highest BCUT2D eigenvalue weighted by molar-refractivity contribution is 7.99. The Morgan fingerprint density at radius 2 is 1.25 bits per heavy atom. The first-order valence-electron chi connectivity index (χ1n) is 5.03.